The van der Waals surface area contributed by atoms with E-state index in [1.165, 1.54) is 5.56 Å². The fourth-order valence-corrected chi connectivity index (χ4v) is 2.44. The molecule has 1 heterocycles. The predicted molar refractivity (Wildman–Crippen MR) is 77.7 cm³/mol. The molecule has 0 aromatic heterocycles. The molecule has 3 nitrogen and oxygen atoms in total. The van der Waals surface area contributed by atoms with Gasteiger partial charge in [-0.2, -0.15) is 0 Å². The van der Waals surface area contributed by atoms with Crippen LogP contribution in [0.5, 0.6) is 0 Å². The first kappa shape index (κ1) is 14.0. The number of morpholine rings is 1. The van der Waals surface area contributed by atoms with E-state index in [-0.39, 0.29) is 0 Å². The van der Waals surface area contributed by atoms with Crippen LogP contribution in [0.4, 0.5) is 0 Å². The van der Waals surface area contributed by atoms with E-state index in [1.807, 2.05) is 0 Å². The van der Waals surface area contributed by atoms with Crippen molar-refractivity contribution in [1.29, 1.82) is 0 Å². The second kappa shape index (κ2) is 7.24. The van der Waals surface area contributed by atoms with Crippen LogP contribution in [0.3, 0.4) is 0 Å². The summed E-state index contributed by atoms with van der Waals surface area (Å²) in [4.78, 5) is 2.44. The number of nitrogens with zero attached hydrogens (tertiary/aromatic N) is 1. The SMILES string of the molecule is CCN1CCOC(CNCc2ccc(Br)cc2)C1. The van der Waals surface area contributed by atoms with Gasteiger partial charge in [-0.3, -0.25) is 4.90 Å². The molecule has 0 bridgehead atoms. The van der Waals surface area contributed by atoms with Gasteiger partial charge in [0.2, 0.25) is 0 Å². The molecule has 0 radical (unpaired) electrons. The van der Waals surface area contributed by atoms with Crippen molar-refractivity contribution in [3.63, 3.8) is 0 Å². The minimum Gasteiger partial charge on any atom is -0.374 e. The molecular weight excluding hydrogens is 292 g/mol. The lowest BCUT2D eigenvalue weighted by Crippen LogP contribution is -2.46. The molecule has 0 amide bonds. The van der Waals surface area contributed by atoms with Crippen LogP contribution in [0.1, 0.15) is 12.5 Å². The Kier molecular flexibility index (Phi) is 5.63. The Morgan fingerprint density at radius 3 is 2.89 bits per heavy atom. The van der Waals surface area contributed by atoms with Crippen LogP contribution in [-0.2, 0) is 11.3 Å². The van der Waals surface area contributed by atoms with Crippen molar-refractivity contribution < 1.29 is 4.74 Å². The summed E-state index contributed by atoms with van der Waals surface area (Å²) in [5, 5.41) is 3.47. The van der Waals surface area contributed by atoms with Gasteiger partial charge in [0.1, 0.15) is 0 Å². The third-order valence-corrected chi connectivity index (χ3v) is 3.81. The molecule has 0 saturated carbocycles. The molecule has 100 valence electrons. The molecule has 0 spiro atoms. The highest BCUT2D eigenvalue weighted by molar-refractivity contribution is 9.10. The summed E-state index contributed by atoms with van der Waals surface area (Å²) in [7, 11) is 0. The van der Waals surface area contributed by atoms with Crippen LogP contribution in [0.25, 0.3) is 0 Å². The van der Waals surface area contributed by atoms with E-state index >= 15 is 0 Å². The zero-order valence-corrected chi connectivity index (χ0v) is 12.4. The van der Waals surface area contributed by atoms with E-state index in [1.54, 1.807) is 0 Å². The number of ether oxygens (including phenoxy) is 1. The molecule has 4 heteroatoms. The Bertz CT molecular complexity index is 355. The van der Waals surface area contributed by atoms with Crippen molar-refractivity contribution >= 4 is 15.9 Å². The van der Waals surface area contributed by atoms with E-state index in [0.717, 1.165) is 43.8 Å². The fourth-order valence-electron chi connectivity index (χ4n) is 2.17. The Morgan fingerprint density at radius 2 is 2.17 bits per heavy atom. The monoisotopic (exact) mass is 312 g/mol. The molecule has 1 aromatic rings. The van der Waals surface area contributed by atoms with Gasteiger partial charge in [-0.05, 0) is 24.2 Å². The summed E-state index contributed by atoms with van der Waals surface area (Å²) < 4.78 is 6.88. The Hall–Kier alpha value is -0.420. The maximum absolute atomic E-state index is 5.76. The quantitative estimate of drug-likeness (QED) is 0.902. The third kappa shape index (κ3) is 4.35. The standard InChI is InChI=1S/C14H21BrN2O/c1-2-17-7-8-18-14(11-17)10-16-9-12-3-5-13(15)6-4-12/h3-6,14,16H,2,7-11H2,1H3. The lowest BCUT2D eigenvalue weighted by molar-refractivity contribution is -0.0253. The van der Waals surface area contributed by atoms with Crippen LogP contribution in [0.2, 0.25) is 0 Å². The zero-order valence-electron chi connectivity index (χ0n) is 10.9. The molecular formula is C14H21BrN2O. The lowest BCUT2D eigenvalue weighted by atomic mass is 10.2. The summed E-state index contributed by atoms with van der Waals surface area (Å²) in [6.07, 6.45) is 0.328. The molecule has 1 unspecified atom stereocenters. The van der Waals surface area contributed by atoms with Gasteiger partial charge in [0.05, 0.1) is 12.7 Å². The van der Waals surface area contributed by atoms with Crippen molar-refractivity contribution in [2.75, 3.05) is 32.8 Å². The van der Waals surface area contributed by atoms with E-state index in [2.05, 4.69) is 57.3 Å². The Morgan fingerprint density at radius 1 is 1.39 bits per heavy atom. The van der Waals surface area contributed by atoms with Gasteiger partial charge in [0.25, 0.3) is 0 Å². The molecule has 1 fully saturated rings. The first-order valence-corrected chi connectivity index (χ1v) is 7.36. The maximum atomic E-state index is 5.76. The van der Waals surface area contributed by atoms with Crippen molar-refractivity contribution in [2.45, 2.75) is 19.6 Å². The molecule has 1 atom stereocenters. The highest BCUT2D eigenvalue weighted by Crippen LogP contribution is 2.10. The summed E-state index contributed by atoms with van der Waals surface area (Å²) in [5.41, 5.74) is 1.31. The topological polar surface area (TPSA) is 24.5 Å². The summed E-state index contributed by atoms with van der Waals surface area (Å²) in [6.45, 7) is 8.12. The van der Waals surface area contributed by atoms with Gasteiger partial charge in [0, 0.05) is 30.7 Å². The number of hydrogen-bond acceptors (Lipinski definition) is 3. The highest BCUT2D eigenvalue weighted by atomic mass is 79.9. The largest absolute Gasteiger partial charge is 0.374 e. The molecule has 1 aliphatic heterocycles. The van der Waals surface area contributed by atoms with Crippen LogP contribution >= 0.6 is 15.9 Å². The first-order valence-electron chi connectivity index (χ1n) is 6.57. The van der Waals surface area contributed by atoms with Crippen LogP contribution in [-0.4, -0.2) is 43.8 Å². The van der Waals surface area contributed by atoms with Crippen LogP contribution in [0.15, 0.2) is 28.7 Å². The van der Waals surface area contributed by atoms with Crippen molar-refractivity contribution in [3.8, 4) is 0 Å². The van der Waals surface area contributed by atoms with Gasteiger partial charge >= 0.3 is 0 Å². The Labute approximate surface area is 118 Å². The smallest absolute Gasteiger partial charge is 0.0826 e. The van der Waals surface area contributed by atoms with E-state index in [9.17, 15) is 0 Å². The average molecular weight is 313 g/mol. The molecule has 2 rings (SSSR count). The second-order valence-electron chi connectivity index (χ2n) is 4.64. The summed E-state index contributed by atoms with van der Waals surface area (Å²) in [6, 6.07) is 8.42. The lowest BCUT2D eigenvalue weighted by Gasteiger charge is -2.32. The van der Waals surface area contributed by atoms with E-state index in [0.29, 0.717) is 6.10 Å². The molecule has 1 N–H and O–H groups in total. The van der Waals surface area contributed by atoms with Crippen molar-refractivity contribution in [3.05, 3.63) is 34.3 Å². The summed E-state index contributed by atoms with van der Waals surface area (Å²) >= 11 is 3.44. The molecule has 1 aromatic carbocycles. The van der Waals surface area contributed by atoms with E-state index < -0.39 is 0 Å². The minimum atomic E-state index is 0.328. The normalized spacial score (nSPS) is 21.1. The second-order valence-corrected chi connectivity index (χ2v) is 5.56. The van der Waals surface area contributed by atoms with Gasteiger partial charge in [-0.25, -0.2) is 0 Å². The number of likely N-dealkylation sites (N-methyl/N-ethyl adjacent to an activating group) is 1. The summed E-state index contributed by atoms with van der Waals surface area (Å²) in [5.74, 6) is 0. The molecule has 1 aliphatic rings. The number of hydrogen-bond donors (Lipinski definition) is 1. The van der Waals surface area contributed by atoms with Crippen LogP contribution in [0, 0.1) is 0 Å². The molecule has 0 aliphatic carbocycles. The average Bonchev–Trinajstić information content (AvgIpc) is 2.41. The number of halogens is 1. The minimum absolute atomic E-state index is 0.328. The van der Waals surface area contributed by atoms with Gasteiger partial charge in [-0.15, -0.1) is 0 Å². The maximum Gasteiger partial charge on any atom is 0.0826 e. The number of benzene rings is 1. The third-order valence-electron chi connectivity index (χ3n) is 3.28. The van der Waals surface area contributed by atoms with E-state index in [4.69, 9.17) is 4.74 Å². The number of rotatable bonds is 5. The fraction of sp³-hybridized carbons (Fsp3) is 0.571. The number of nitrogens with one attached hydrogen (secondary N) is 1. The Balaban J connectivity index is 1.70. The molecule has 18 heavy (non-hydrogen) atoms. The van der Waals surface area contributed by atoms with Gasteiger partial charge < -0.3 is 10.1 Å². The van der Waals surface area contributed by atoms with Crippen molar-refractivity contribution in [1.82, 2.24) is 10.2 Å². The van der Waals surface area contributed by atoms with Crippen molar-refractivity contribution in [2.24, 2.45) is 0 Å². The van der Waals surface area contributed by atoms with Crippen LogP contribution < -0.4 is 5.32 Å². The predicted octanol–water partition coefficient (Wildman–Crippen LogP) is 2.26. The zero-order chi connectivity index (χ0) is 12.8. The van der Waals surface area contributed by atoms with Gasteiger partial charge in [0.15, 0.2) is 0 Å². The van der Waals surface area contributed by atoms with Gasteiger partial charge in [-0.1, -0.05) is 35.0 Å². The first-order chi connectivity index (χ1) is 8.78. The molecule has 1 saturated heterocycles. The highest BCUT2D eigenvalue weighted by Gasteiger charge is 2.18.